The number of nitro benzene ring substituents is 1. The molecule has 1 unspecified atom stereocenters. The number of rotatable bonds is 5. The van der Waals surface area contributed by atoms with Gasteiger partial charge in [0.1, 0.15) is 0 Å². The maximum absolute atomic E-state index is 11.9. The summed E-state index contributed by atoms with van der Waals surface area (Å²) in [5.74, 6) is -0.997. The fraction of sp³-hybridized carbons (Fsp3) is 0.273. The SMILES string of the molecule is CC(CC(N)=O)NC(=O)c1cc([N+](=O)[O-])ccc1I. The summed E-state index contributed by atoms with van der Waals surface area (Å²) in [6.07, 6.45) is 0.0112. The molecule has 0 bridgehead atoms. The van der Waals surface area contributed by atoms with E-state index in [2.05, 4.69) is 5.32 Å². The van der Waals surface area contributed by atoms with Crippen molar-refractivity contribution in [2.75, 3.05) is 0 Å². The van der Waals surface area contributed by atoms with Crippen molar-refractivity contribution in [1.29, 1.82) is 0 Å². The molecule has 0 saturated carbocycles. The molecule has 8 heteroatoms. The van der Waals surface area contributed by atoms with E-state index in [0.29, 0.717) is 3.57 Å². The Bertz CT molecular complexity index is 533. The van der Waals surface area contributed by atoms with Crippen LogP contribution >= 0.6 is 22.6 Å². The van der Waals surface area contributed by atoms with Crippen LogP contribution in [0.2, 0.25) is 0 Å². The second kappa shape index (κ2) is 6.45. The molecule has 102 valence electrons. The van der Waals surface area contributed by atoms with Gasteiger partial charge in [0.25, 0.3) is 11.6 Å². The average molecular weight is 377 g/mol. The number of non-ortho nitro benzene ring substituents is 1. The van der Waals surface area contributed by atoms with Gasteiger partial charge in [-0.3, -0.25) is 19.7 Å². The summed E-state index contributed by atoms with van der Waals surface area (Å²) in [4.78, 5) is 32.8. The Kier molecular flexibility index (Phi) is 5.21. The first-order chi connectivity index (χ1) is 8.81. The highest BCUT2D eigenvalue weighted by Crippen LogP contribution is 2.19. The first kappa shape index (κ1) is 15.3. The van der Waals surface area contributed by atoms with Crippen LogP contribution in [-0.4, -0.2) is 22.8 Å². The van der Waals surface area contributed by atoms with E-state index in [1.807, 2.05) is 22.6 Å². The van der Waals surface area contributed by atoms with Gasteiger partial charge in [-0.1, -0.05) is 0 Å². The van der Waals surface area contributed by atoms with Crippen LogP contribution in [0, 0.1) is 13.7 Å². The Hall–Kier alpha value is -1.71. The summed E-state index contributed by atoms with van der Waals surface area (Å²) >= 11 is 1.91. The van der Waals surface area contributed by atoms with Crippen LogP contribution < -0.4 is 11.1 Å². The second-order valence-electron chi connectivity index (χ2n) is 3.97. The Labute approximate surface area is 122 Å². The van der Waals surface area contributed by atoms with Crippen LogP contribution in [0.3, 0.4) is 0 Å². The third-order valence-electron chi connectivity index (χ3n) is 2.29. The highest BCUT2D eigenvalue weighted by Gasteiger charge is 2.17. The minimum Gasteiger partial charge on any atom is -0.370 e. The summed E-state index contributed by atoms with van der Waals surface area (Å²) in [5.41, 5.74) is 5.06. The lowest BCUT2D eigenvalue weighted by Crippen LogP contribution is -2.36. The number of nitro groups is 1. The van der Waals surface area contributed by atoms with Gasteiger partial charge < -0.3 is 11.1 Å². The molecule has 0 fully saturated rings. The van der Waals surface area contributed by atoms with Crippen LogP contribution in [0.1, 0.15) is 23.7 Å². The van der Waals surface area contributed by atoms with Crippen molar-refractivity contribution in [1.82, 2.24) is 5.32 Å². The van der Waals surface area contributed by atoms with Gasteiger partial charge in [0.2, 0.25) is 5.91 Å². The summed E-state index contributed by atoms with van der Waals surface area (Å²) in [5, 5.41) is 13.2. The lowest BCUT2D eigenvalue weighted by atomic mass is 10.1. The Morgan fingerprint density at radius 3 is 2.68 bits per heavy atom. The van der Waals surface area contributed by atoms with E-state index < -0.39 is 22.8 Å². The third-order valence-corrected chi connectivity index (χ3v) is 3.23. The van der Waals surface area contributed by atoms with Crippen molar-refractivity contribution in [2.45, 2.75) is 19.4 Å². The Morgan fingerprint density at radius 1 is 1.53 bits per heavy atom. The topological polar surface area (TPSA) is 115 Å². The number of carbonyl (C=O) groups excluding carboxylic acids is 2. The van der Waals surface area contributed by atoms with Crippen LogP contribution in [-0.2, 0) is 4.79 Å². The van der Waals surface area contributed by atoms with Gasteiger partial charge in [-0.05, 0) is 35.6 Å². The van der Waals surface area contributed by atoms with Crippen LogP contribution in [0.15, 0.2) is 18.2 Å². The molecule has 3 N–H and O–H groups in total. The normalized spacial score (nSPS) is 11.7. The number of carbonyl (C=O) groups is 2. The van der Waals surface area contributed by atoms with Crippen LogP contribution in [0.5, 0.6) is 0 Å². The summed E-state index contributed by atoms with van der Waals surface area (Å²) in [7, 11) is 0. The molecule has 1 rings (SSSR count). The zero-order valence-electron chi connectivity index (χ0n) is 10.1. The lowest BCUT2D eigenvalue weighted by Gasteiger charge is -2.12. The van der Waals surface area contributed by atoms with E-state index in [4.69, 9.17) is 5.73 Å². The van der Waals surface area contributed by atoms with Crippen molar-refractivity contribution < 1.29 is 14.5 Å². The van der Waals surface area contributed by atoms with Crippen LogP contribution in [0.25, 0.3) is 0 Å². The molecule has 2 amide bonds. The molecule has 0 spiro atoms. The molecule has 0 aliphatic carbocycles. The van der Waals surface area contributed by atoms with E-state index in [-0.39, 0.29) is 17.7 Å². The molecule has 19 heavy (non-hydrogen) atoms. The molecule has 1 atom stereocenters. The Balaban J connectivity index is 2.90. The number of nitrogens with one attached hydrogen (secondary N) is 1. The summed E-state index contributed by atoms with van der Waals surface area (Å²) in [6.45, 7) is 1.63. The third kappa shape index (κ3) is 4.47. The largest absolute Gasteiger partial charge is 0.370 e. The van der Waals surface area contributed by atoms with Gasteiger partial charge in [-0.25, -0.2) is 0 Å². The fourth-order valence-electron chi connectivity index (χ4n) is 1.46. The Morgan fingerprint density at radius 2 is 2.16 bits per heavy atom. The number of hydrogen-bond donors (Lipinski definition) is 2. The molecule has 1 aromatic rings. The molecule has 0 radical (unpaired) electrons. The minimum absolute atomic E-state index is 0.0112. The lowest BCUT2D eigenvalue weighted by molar-refractivity contribution is -0.384. The van der Waals surface area contributed by atoms with Gasteiger partial charge in [0.15, 0.2) is 0 Å². The fourth-order valence-corrected chi connectivity index (χ4v) is 2.04. The van der Waals surface area contributed by atoms with Crippen molar-refractivity contribution in [3.05, 3.63) is 37.4 Å². The number of hydrogen-bond acceptors (Lipinski definition) is 4. The molecular weight excluding hydrogens is 365 g/mol. The molecule has 0 saturated heterocycles. The predicted octanol–water partition coefficient (Wildman–Crippen LogP) is 1.19. The molecule has 7 nitrogen and oxygen atoms in total. The van der Waals surface area contributed by atoms with Crippen molar-refractivity contribution >= 4 is 40.1 Å². The minimum atomic E-state index is -0.570. The zero-order chi connectivity index (χ0) is 14.6. The number of halogens is 1. The van der Waals surface area contributed by atoms with E-state index >= 15 is 0 Å². The first-order valence-corrected chi connectivity index (χ1v) is 6.42. The van der Waals surface area contributed by atoms with E-state index in [9.17, 15) is 19.7 Å². The molecule has 0 heterocycles. The molecule has 0 aliphatic heterocycles. The smallest absolute Gasteiger partial charge is 0.270 e. The van der Waals surface area contributed by atoms with Crippen molar-refractivity contribution in [3.8, 4) is 0 Å². The molecular formula is C11H12IN3O4. The van der Waals surface area contributed by atoms with Gasteiger partial charge in [0, 0.05) is 28.2 Å². The van der Waals surface area contributed by atoms with Gasteiger partial charge in [-0.2, -0.15) is 0 Å². The number of benzene rings is 1. The number of amides is 2. The van der Waals surface area contributed by atoms with Crippen molar-refractivity contribution in [3.63, 3.8) is 0 Å². The van der Waals surface area contributed by atoms with Gasteiger partial charge in [-0.15, -0.1) is 0 Å². The van der Waals surface area contributed by atoms with Gasteiger partial charge in [0.05, 0.1) is 10.5 Å². The van der Waals surface area contributed by atoms with E-state index in [1.165, 1.54) is 18.2 Å². The maximum atomic E-state index is 11.9. The number of primary amides is 1. The van der Waals surface area contributed by atoms with Crippen molar-refractivity contribution in [2.24, 2.45) is 5.73 Å². The highest BCUT2D eigenvalue weighted by molar-refractivity contribution is 14.1. The molecule has 0 aliphatic rings. The maximum Gasteiger partial charge on any atom is 0.270 e. The van der Waals surface area contributed by atoms with E-state index in [0.717, 1.165) is 0 Å². The van der Waals surface area contributed by atoms with E-state index in [1.54, 1.807) is 6.92 Å². The predicted molar refractivity (Wildman–Crippen MR) is 76.6 cm³/mol. The highest BCUT2D eigenvalue weighted by atomic mass is 127. The summed E-state index contributed by atoms with van der Waals surface area (Å²) < 4.78 is 0.590. The monoisotopic (exact) mass is 377 g/mol. The van der Waals surface area contributed by atoms with Crippen LogP contribution in [0.4, 0.5) is 5.69 Å². The van der Waals surface area contributed by atoms with Gasteiger partial charge >= 0.3 is 0 Å². The quantitative estimate of drug-likeness (QED) is 0.456. The molecule has 0 aromatic heterocycles. The average Bonchev–Trinajstić information content (AvgIpc) is 2.27. The summed E-state index contributed by atoms with van der Waals surface area (Å²) in [6, 6.07) is 3.59. The number of nitrogens with zero attached hydrogens (tertiary/aromatic N) is 1. The standard InChI is InChI=1S/C11H12IN3O4/c1-6(4-10(13)16)14-11(17)8-5-7(15(18)19)2-3-9(8)12/h2-3,5-6H,4H2,1H3,(H2,13,16)(H,14,17). The zero-order valence-corrected chi connectivity index (χ0v) is 12.2. The second-order valence-corrected chi connectivity index (χ2v) is 5.13. The first-order valence-electron chi connectivity index (χ1n) is 5.34. The molecule has 1 aromatic carbocycles. The number of nitrogens with two attached hydrogens (primary N) is 1.